The quantitative estimate of drug-likeness (QED) is 0.713. The molecule has 1 N–H and O–H groups in total. The average molecular weight is 233 g/mol. The number of benzene rings is 1. The van der Waals surface area contributed by atoms with Crippen molar-refractivity contribution in [2.24, 2.45) is 0 Å². The molecule has 1 saturated heterocycles. The molecule has 1 heterocycles. The summed E-state index contributed by atoms with van der Waals surface area (Å²) in [6, 6.07) is 6.83. The fourth-order valence-electron chi connectivity index (χ4n) is 2.16. The lowest BCUT2D eigenvalue weighted by atomic mass is 10.1. The van der Waals surface area contributed by atoms with Crippen molar-refractivity contribution in [1.29, 1.82) is 0 Å². The molecule has 0 atom stereocenters. The first-order valence-corrected chi connectivity index (χ1v) is 5.81. The van der Waals surface area contributed by atoms with E-state index in [0.717, 1.165) is 25.2 Å². The predicted molar refractivity (Wildman–Crippen MR) is 59.4 cm³/mol. The third kappa shape index (κ3) is 3.14. The number of quaternary nitrogens is 1. The van der Waals surface area contributed by atoms with E-state index in [1.807, 2.05) is 6.07 Å². The van der Waals surface area contributed by atoms with E-state index in [2.05, 4.69) is 0 Å². The minimum Gasteiger partial charge on any atom is -0.545 e. The molecule has 1 aromatic carbocycles. The van der Waals surface area contributed by atoms with E-state index < -0.39 is 5.97 Å². The van der Waals surface area contributed by atoms with E-state index in [1.54, 1.807) is 12.1 Å². The van der Waals surface area contributed by atoms with E-state index in [1.165, 1.54) is 11.0 Å². The van der Waals surface area contributed by atoms with Crippen molar-refractivity contribution >= 4 is 11.8 Å². The van der Waals surface area contributed by atoms with Crippen molar-refractivity contribution in [2.45, 2.75) is 19.4 Å². The number of ketones is 1. The molecule has 0 bridgehead atoms. The fourth-order valence-corrected chi connectivity index (χ4v) is 2.16. The summed E-state index contributed by atoms with van der Waals surface area (Å²) in [7, 11) is 0. The standard InChI is InChI=1S/C13H15NO3/c15-12-4-6-14(7-5-12)9-10-2-1-3-11(8-10)13(16)17/h1-3,8H,4-7,9H2,(H,16,17). The first-order valence-electron chi connectivity index (χ1n) is 5.81. The van der Waals surface area contributed by atoms with Crippen LogP contribution < -0.4 is 10.0 Å². The maximum Gasteiger partial charge on any atom is 0.144 e. The predicted octanol–water partition coefficient (Wildman–Crippen LogP) is -1.20. The zero-order valence-electron chi connectivity index (χ0n) is 9.57. The molecule has 4 nitrogen and oxygen atoms in total. The topological polar surface area (TPSA) is 61.6 Å². The van der Waals surface area contributed by atoms with Gasteiger partial charge >= 0.3 is 0 Å². The Bertz CT molecular complexity index is 432. The first kappa shape index (κ1) is 11.8. The van der Waals surface area contributed by atoms with Gasteiger partial charge in [0.25, 0.3) is 0 Å². The third-order valence-electron chi connectivity index (χ3n) is 3.13. The number of nitrogens with one attached hydrogen (secondary N) is 1. The molecule has 0 aliphatic carbocycles. The molecule has 2 rings (SSSR count). The van der Waals surface area contributed by atoms with Crippen LogP contribution in [-0.4, -0.2) is 24.8 Å². The highest BCUT2D eigenvalue weighted by Crippen LogP contribution is 2.03. The van der Waals surface area contributed by atoms with Gasteiger partial charge in [0.1, 0.15) is 12.3 Å². The summed E-state index contributed by atoms with van der Waals surface area (Å²) in [6.45, 7) is 2.46. The number of aromatic carboxylic acids is 1. The number of Topliss-reactive ketones (excluding diaryl/α,β-unsaturated/α-hetero) is 1. The molecule has 4 heteroatoms. The molecule has 0 radical (unpaired) electrons. The number of carbonyl (C=O) groups is 2. The van der Waals surface area contributed by atoms with Gasteiger partial charge in [0.05, 0.1) is 31.9 Å². The first-order chi connectivity index (χ1) is 8.15. The van der Waals surface area contributed by atoms with Crippen LogP contribution in [0.5, 0.6) is 0 Å². The van der Waals surface area contributed by atoms with Gasteiger partial charge in [-0.1, -0.05) is 18.2 Å². The molecule has 1 fully saturated rings. The maximum atomic E-state index is 11.1. The van der Waals surface area contributed by atoms with Crippen molar-refractivity contribution in [2.75, 3.05) is 13.1 Å². The lowest BCUT2D eigenvalue weighted by Gasteiger charge is -2.23. The second kappa shape index (κ2) is 5.10. The van der Waals surface area contributed by atoms with E-state index in [9.17, 15) is 14.7 Å². The van der Waals surface area contributed by atoms with Crippen LogP contribution in [0.1, 0.15) is 28.8 Å². The Hall–Kier alpha value is -1.68. The Labute approximate surface area is 99.9 Å². The highest BCUT2D eigenvalue weighted by atomic mass is 16.4. The summed E-state index contributed by atoms with van der Waals surface area (Å²) < 4.78 is 0. The average Bonchev–Trinajstić information content (AvgIpc) is 2.32. The minimum atomic E-state index is -1.14. The lowest BCUT2D eigenvalue weighted by Crippen LogP contribution is -3.11. The lowest BCUT2D eigenvalue weighted by molar-refractivity contribution is -0.915. The Balaban J connectivity index is 2.01. The van der Waals surface area contributed by atoms with Crippen molar-refractivity contribution in [3.05, 3.63) is 35.4 Å². The number of carbonyl (C=O) groups excluding carboxylic acids is 2. The monoisotopic (exact) mass is 233 g/mol. The van der Waals surface area contributed by atoms with Gasteiger partial charge in [0, 0.05) is 5.56 Å². The molecule has 0 unspecified atom stereocenters. The molecule has 17 heavy (non-hydrogen) atoms. The largest absolute Gasteiger partial charge is 0.545 e. The number of carboxylic acid groups (broad SMARTS) is 1. The van der Waals surface area contributed by atoms with E-state index in [4.69, 9.17) is 0 Å². The van der Waals surface area contributed by atoms with Crippen LogP contribution in [0.3, 0.4) is 0 Å². The fraction of sp³-hybridized carbons (Fsp3) is 0.385. The van der Waals surface area contributed by atoms with Crippen LogP contribution >= 0.6 is 0 Å². The SMILES string of the molecule is O=C1CC[NH+](Cc2cccc(C(=O)[O-])c2)CC1. The smallest absolute Gasteiger partial charge is 0.144 e. The molecule has 0 saturated carbocycles. The van der Waals surface area contributed by atoms with Crippen LogP contribution in [0.25, 0.3) is 0 Å². The molecule has 0 aromatic heterocycles. The summed E-state index contributed by atoms with van der Waals surface area (Å²) >= 11 is 0. The minimum absolute atomic E-state index is 0.218. The number of hydrogen-bond donors (Lipinski definition) is 1. The van der Waals surface area contributed by atoms with Crippen molar-refractivity contribution < 1.29 is 19.6 Å². The highest BCUT2D eigenvalue weighted by Gasteiger charge is 2.19. The van der Waals surface area contributed by atoms with Gasteiger partial charge in [0.15, 0.2) is 0 Å². The summed E-state index contributed by atoms with van der Waals surface area (Å²) in [4.78, 5) is 23.2. The van der Waals surface area contributed by atoms with Crippen LogP contribution in [0.4, 0.5) is 0 Å². The van der Waals surface area contributed by atoms with Crippen molar-refractivity contribution in [1.82, 2.24) is 0 Å². The van der Waals surface area contributed by atoms with Gasteiger partial charge in [-0.15, -0.1) is 0 Å². The summed E-state index contributed by atoms with van der Waals surface area (Å²) in [5.74, 6) is -0.812. The van der Waals surface area contributed by atoms with Gasteiger partial charge in [0.2, 0.25) is 0 Å². The second-order valence-corrected chi connectivity index (χ2v) is 4.45. The zero-order valence-corrected chi connectivity index (χ0v) is 9.57. The van der Waals surface area contributed by atoms with Crippen LogP contribution in [0, 0.1) is 0 Å². The summed E-state index contributed by atoms with van der Waals surface area (Å²) in [5.41, 5.74) is 1.20. The van der Waals surface area contributed by atoms with Gasteiger partial charge in [-0.3, -0.25) is 4.79 Å². The second-order valence-electron chi connectivity index (χ2n) is 4.45. The molecule has 0 amide bonds. The Morgan fingerprint density at radius 2 is 2.00 bits per heavy atom. The van der Waals surface area contributed by atoms with Crippen LogP contribution in [-0.2, 0) is 11.3 Å². The number of likely N-dealkylation sites (tertiary alicyclic amines) is 1. The highest BCUT2D eigenvalue weighted by molar-refractivity contribution is 5.85. The van der Waals surface area contributed by atoms with E-state index in [0.29, 0.717) is 18.6 Å². The van der Waals surface area contributed by atoms with Crippen LogP contribution in [0.2, 0.25) is 0 Å². The van der Waals surface area contributed by atoms with Gasteiger partial charge in [-0.2, -0.15) is 0 Å². The van der Waals surface area contributed by atoms with Crippen molar-refractivity contribution in [3.63, 3.8) is 0 Å². The molecular formula is C13H15NO3. The Kier molecular flexibility index (Phi) is 3.54. The number of rotatable bonds is 3. The van der Waals surface area contributed by atoms with Gasteiger partial charge < -0.3 is 14.8 Å². The molecule has 0 spiro atoms. The summed E-state index contributed by atoms with van der Waals surface area (Å²) in [6.07, 6.45) is 1.27. The van der Waals surface area contributed by atoms with E-state index in [-0.39, 0.29) is 5.56 Å². The maximum absolute atomic E-state index is 11.1. The molecule has 90 valence electrons. The summed E-state index contributed by atoms with van der Waals surface area (Å²) in [5, 5.41) is 10.7. The molecular weight excluding hydrogens is 218 g/mol. The number of hydrogen-bond acceptors (Lipinski definition) is 3. The third-order valence-corrected chi connectivity index (χ3v) is 3.13. The number of piperidine rings is 1. The molecule has 1 aromatic rings. The van der Waals surface area contributed by atoms with Crippen LogP contribution in [0.15, 0.2) is 24.3 Å². The Morgan fingerprint density at radius 3 is 2.65 bits per heavy atom. The van der Waals surface area contributed by atoms with Gasteiger partial charge in [-0.05, 0) is 11.6 Å². The molecule has 1 aliphatic heterocycles. The number of carboxylic acids is 1. The van der Waals surface area contributed by atoms with Crippen molar-refractivity contribution in [3.8, 4) is 0 Å². The van der Waals surface area contributed by atoms with Gasteiger partial charge in [-0.25, -0.2) is 0 Å². The van der Waals surface area contributed by atoms with E-state index >= 15 is 0 Å². The Morgan fingerprint density at radius 1 is 1.29 bits per heavy atom. The normalized spacial score (nSPS) is 17.1. The molecule has 1 aliphatic rings. The zero-order chi connectivity index (χ0) is 12.3.